The normalized spacial score (nSPS) is 11.1. The lowest BCUT2D eigenvalue weighted by Crippen LogP contribution is -2.15. The summed E-state index contributed by atoms with van der Waals surface area (Å²) in [5.74, 6) is 0.778. The molecule has 0 fully saturated rings. The van der Waals surface area contributed by atoms with Crippen molar-refractivity contribution in [1.82, 2.24) is 19.4 Å². The highest BCUT2D eigenvalue weighted by Gasteiger charge is 2.10. The highest BCUT2D eigenvalue weighted by atomic mass is 16.5. The molecule has 6 heteroatoms. The lowest BCUT2D eigenvalue weighted by atomic mass is 10.2. The maximum atomic E-state index is 12.2. The van der Waals surface area contributed by atoms with E-state index in [2.05, 4.69) is 15.0 Å². The number of ether oxygens (including phenoxy) is 1. The molecule has 0 aliphatic carbocycles. The van der Waals surface area contributed by atoms with E-state index in [-0.39, 0.29) is 5.69 Å². The molecule has 0 aliphatic heterocycles. The Kier molecular flexibility index (Phi) is 2.69. The fraction of sp³-hybridized carbons (Fsp3) is 0.0625. The molecule has 0 amide bonds. The molecule has 3 heterocycles. The Balaban J connectivity index is 1.98. The molecule has 4 aromatic rings. The molecule has 0 radical (unpaired) electrons. The molecule has 0 saturated carbocycles. The summed E-state index contributed by atoms with van der Waals surface area (Å²) in [5, 5.41) is 0.807. The van der Waals surface area contributed by atoms with Crippen LogP contribution in [0.2, 0.25) is 0 Å². The van der Waals surface area contributed by atoms with Crippen LogP contribution in [0.25, 0.3) is 27.8 Å². The Morgan fingerprint density at radius 1 is 1.18 bits per heavy atom. The molecule has 0 unspecified atom stereocenters. The van der Waals surface area contributed by atoms with Gasteiger partial charge in [0.1, 0.15) is 5.75 Å². The number of benzene rings is 1. The van der Waals surface area contributed by atoms with Gasteiger partial charge in [-0.15, -0.1) is 0 Å². The van der Waals surface area contributed by atoms with Crippen molar-refractivity contribution in [1.29, 1.82) is 0 Å². The number of rotatable bonds is 2. The molecule has 6 nitrogen and oxygen atoms in total. The first-order valence-electron chi connectivity index (χ1n) is 6.76. The van der Waals surface area contributed by atoms with Gasteiger partial charge in [-0.25, -0.2) is 9.78 Å². The number of hydrogen-bond donors (Lipinski definition) is 1. The summed E-state index contributed by atoms with van der Waals surface area (Å²) >= 11 is 0. The predicted molar refractivity (Wildman–Crippen MR) is 83.1 cm³/mol. The van der Waals surface area contributed by atoms with Crippen molar-refractivity contribution in [3.05, 3.63) is 59.4 Å². The Morgan fingerprint density at radius 2 is 2.00 bits per heavy atom. The summed E-state index contributed by atoms with van der Waals surface area (Å²) in [4.78, 5) is 23.7. The number of hydrogen-bond acceptors (Lipinski definition) is 4. The number of methoxy groups -OCH3 is 1. The summed E-state index contributed by atoms with van der Waals surface area (Å²) < 4.78 is 6.66. The third-order valence-corrected chi connectivity index (χ3v) is 3.61. The summed E-state index contributed by atoms with van der Waals surface area (Å²) in [7, 11) is 1.62. The number of pyridine rings is 1. The fourth-order valence-corrected chi connectivity index (χ4v) is 2.48. The van der Waals surface area contributed by atoms with E-state index < -0.39 is 0 Å². The first kappa shape index (κ1) is 12.6. The first-order valence-corrected chi connectivity index (χ1v) is 6.76. The van der Waals surface area contributed by atoms with Crippen LogP contribution in [0.5, 0.6) is 5.75 Å². The number of aromatic amines is 1. The van der Waals surface area contributed by atoms with Crippen molar-refractivity contribution < 1.29 is 4.74 Å². The van der Waals surface area contributed by atoms with Crippen LogP contribution in [0, 0.1) is 0 Å². The van der Waals surface area contributed by atoms with Crippen LogP contribution in [-0.2, 0) is 0 Å². The molecule has 1 aromatic carbocycles. The van der Waals surface area contributed by atoms with Crippen LogP contribution in [0.4, 0.5) is 0 Å². The van der Waals surface area contributed by atoms with Gasteiger partial charge in [0.05, 0.1) is 23.7 Å². The Hall–Kier alpha value is -3.15. The van der Waals surface area contributed by atoms with Crippen molar-refractivity contribution in [2.45, 2.75) is 0 Å². The maximum Gasteiger partial charge on any atom is 0.331 e. The first-order chi connectivity index (χ1) is 10.8. The number of fused-ring (bicyclic) bond motifs is 3. The number of imidazole rings is 1. The monoisotopic (exact) mass is 292 g/mol. The number of aromatic nitrogens is 4. The smallest absolute Gasteiger partial charge is 0.331 e. The third-order valence-electron chi connectivity index (χ3n) is 3.61. The van der Waals surface area contributed by atoms with Gasteiger partial charge >= 0.3 is 5.69 Å². The number of H-pyrrole nitrogens is 1. The van der Waals surface area contributed by atoms with Gasteiger partial charge in [-0.2, -0.15) is 0 Å². The standard InChI is InChI=1S/C16H12N4O2/c1-22-11-4-2-10(3-5-11)14-9-20-15(18-14)12-8-17-7-6-13(12)19-16(20)21/h2-9H,1H3,(H,19,21). The van der Waals surface area contributed by atoms with Gasteiger partial charge in [-0.05, 0) is 30.3 Å². The van der Waals surface area contributed by atoms with E-state index in [1.54, 1.807) is 31.8 Å². The Bertz CT molecular complexity index is 1030. The zero-order chi connectivity index (χ0) is 15.1. The molecule has 0 aliphatic rings. The van der Waals surface area contributed by atoms with Gasteiger partial charge in [0.2, 0.25) is 0 Å². The van der Waals surface area contributed by atoms with Crippen LogP contribution in [-0.4, -0.2) is 26.5 Å². The zero-order valence-corrected chi connectivity index (χ0v) is 11.8. The third kappa shape index (κ3) is 1.85. The second kappa shape index (κ2) is 4.70. The molecule has 22 heavy (non-hydrogen) atoms. The quantitative estimate of drug-likeness (QED) is 0.615. The highest BCUT2D eigenvalue weighted by Crippen LogP contribution is 2.23. The van der Waals surface area contributed by atoms with E-state index in [0.29, 0.717) is 5.65 Å². The predicted octanol–water partition coefficient (Wildman–Crippen LogP) is 2.25. The molecule has 0 atom stereocenters. The largest absolute Gasteiger partial charge is 0.497 e. The van der Waals surface area contributed by atoms with E-state index in [9.17, 15) is 4.79 Å². The lowest BCUT2D eigenvalue weighted by Gasteiger charge is -2.00. The van der Waals surface area contributed by atoms with Crippen molar-refractivity contribution in [3.8, 4) is 17.0 Å². The van der Waals surface area contributed by atoms with E-state index in [4.69, 9.17) is 4.74 Å². The number of nitrogens with zero attached hydrogens (tertiary/aromatic N) is 3. The minimum Gasteiger partial charge on any atom is -0.497 e. The number of nitrogens with one attached hydrogen (secondary N) is 1. The zero-order valence-electron chi connectivity index (χ0n) is 11.8. The Labute approximate surface area is 125 Å². The molecule has 0 spiro atoms. The van der Waals surface area contributed by atoms with Crippen LogP contribution in [0.1, 0.15) is 0 Å². The van der Waals surface area contributed by atoms with Gasteiger partial charge in [-0.1, -0.05) is 0 Å². The van der Waals surface area contributed by atoms with Crippen LogP contribution >= 0.6 is 0 Å². The topological polar surface area (TPSA) is 72.3 Å². The summed E-state index contributed by atoms with van der Waals surface area (Å²) in [6.07, 6.45) is 5.07. The molecule has 3 aromatic heterocycles. The SMILES string of the molecule is COc1ccc(-c2cn3c(=O)[nH]c4ccncc4c3n2)cc1. The van der Waals surface area contributed by atoms with Gasteiger partial charge in [-0.3, -0.25) is 9.38 Å². The lowest BCUT2D eigenvalue weighted by molar-refractivity contribution is 0.415. The molecule has 0 bridgehead atoms. The van der Waals surface area contributed by atoms with Gasteiger partial charge in [0, 0.05) is 24.2 Å². The molecule has 0 saturated heterocycles. The van der Waals surface area contributed by atoms with Crippen molar-refractivity contribution >= 4 is 16.6 Å². The summed E-state index contributed by atoms with van der Waals surface area (Å²) in [5.41, 5.74) is 2.74. The second-order valence-corrected chi connectivity index (χ2v) is 4.90. The molecular formula is C16H12N4O2. The van der Waals surface area contributed by atoms with E-state index in [1.807, 2.05) is 24.3 Å². The minimum absolute atomic E-state index is 0.221. The molecular weight excluding hydrogens is 280 g/mol. The van der Waals surface area contributed by atoms with Crippen LogP contribution in [0.15, 0.2) is 53.7 Å². The van der Waals surface area contributed by atoms with E-state index >= 15 is 0 Å². The Morgan fingerprint density at radius 3 is 2.77 bits per heavy atom. The molecule has 108 valence electrons. The summed E-state index contributed by atoms with van der Waals surface area (Å²) in [6.45, 7) is 0. The minimum atomic E-state index is -0.221. The van der Waals surface area contributed by atoms with Crippen molar-refractivity contribution in [2.75, 3.05) is 7.11 Å². The second-order valence-electron chi connectivity index (χ2n) is 4.90. The van der Waals surface area contributed by atoms with Crippen LogP contribution < -0.4 is 10.4 Å². The molecule has 4 rings (SSSR count). The van der Waals surface area contributed by atoms with Crippen molar-refractivity contribution in [2.24, 2.45) is 0 Å². The van der Waals surface area contributed by atoms with Gasteiger partial charge < -0.3 is 9.72 Å². The summed E-state index contributed by atoms with van der Waals surface area (Å²) in [6, 6.07) is 9.31. The average Bonchev–Trinajstić information content (AvgIpc) is 3.01. The average molecular weight is 292 g/mol. The highest BCUT2D eigenvalue weighted by molar-refractivity contribution is 5.91. The van der Waals surface area contributed by atoms with Crippen LogP contribution in [0.3, 0.4) is 0 Å². The van der Waals surface area contributed by atoms with Gasteiger partial charge in [0.25, 0.3) is 0 Å². The van der Waals surface area contributed by atoms with E-state index in [1.165, 1.54) is 4.40 Å². The fourth-order valence-electron chi connectivity index (χ4n) is 2.48. The van der Waals surface area contributed by atoms with Gasteiger partial charge in [0.15, 0.2) is 5.65 Å². The molecule has 1 N–H and O–H groups in total. The maximum absolute atomic E-state index is 12.2. The van der Waals surface area contributed by atoms with E-state index in [0.717, 1.165) is 27.9 Å². The van der Waals surface area contributed by atoms with Crippen molar-refractivity contribution in [3.63, 3.8) is 0 Å².